The van der Waals surface area contributed by atoms with Crippen molar-refractivity contribution in [3.63, 3.8) is 0 Å². The molecular weight excluding hydrogens is 279 g/mol. The highest BCUT2D eigenvalue weighted by Crippen LogP contribution is 2.50. The van der Waals surface area contributed by atoms with Gasteiger partial charge in [0.25, 0.3) is 0 Å². The van der Waals surface area contributed by atoms with Gasteiger partial charge in [0.05, 0.1) is 12.7 Å². The van der Waals surface area contributed by atoms with Crippen molar-refractivity contribution in [3.8, 4) is 5.75 Å². The standard InChI is InChI=1S/C13H15ClF3NO/c1-19-11-9(12(7-18)3-2-4-12)5-8(14)6-10(11)13(15,16)17/h5-6H,2-4,7,18H2,1H3. The first kappa shape index (κ1) is 14.5. The lowest BCUT2D eigenvalue weighted by atomic mass is 9.64. The van der Waals surface area contributed by atoms with Gasteiger partial charge in [-0.2, -0.15) is 13.2 Å². The molecule has 19 heavy (non-hydrogen) atoms. The van der Waals surface area contributed by atoms with Crippen LogP contribution in [0.4, 0.5) is 13.2 Å². The second kappa shape index (κ2) is 4.87. The summed E-state index contributed by atoms with van der Waals surface area (Å²) in [6.07, 6.45) is -2.02. The topological polar surface area (TPSA) is 35.2 Å². The molecule has 1 aliphatic carbocycles. The Morgan fingerprint density at radius 3 is 2.37 bits per heavy atom. The third-order valence-corrected chi connectivity index (χ3v) is 4.05. The summed E-state index contributed by atoms with van der Waals surface area (Å²) in [5.41, 5.74) is 4.96. The molecule has 1 fully saturated rings. The van der Waals surface area contributed by atoms with E-state index in [1.165, 1.54) is 7.11 Å². The highest BCUT2D eigenvalue weighted by molar-refractivity contribution is 6.30. The van der Waals surface area contributed by atoms with Crippen LogP contribution in [-0.2, 0) is 11.6 Å². The van der Waals surface area contributed by atoms with E-state index in [0.29, 0.717) is 12.1 Å². The van der Waals surface area contributed by atoms with Gasteiger partial charge in [-0.15, -0.1) is 0 Å². The SMILES string of the molecule is COc1c(C(F)(F)F)cc(Cl)cc1C1(CN)CCC1. The van der Waals surface area contributed by atoms with Gasteiger partial charge in [0, 0.05) is 22.5 Å². The number of hydrogen-bond donors (Lipinski definition) is 1. The number of ether oxygens (including phenoxy) is 1. The van der Waals surface area contributed by atoms with Crippen LogP contribution in [-0.4, -0.2) is 13.7 Å². The zero-order chi connectivity index (χ0) is 14.3. The number of alkyl halides is 3. The second-order valence-electron chi connectivity index (χ2n) is 4.87. The molecule has 0 saturated heterocycles. The van der Waals surface area contributed by atoms with Gasteiger partial charge >= 0.3 is 6.18 Å². The lowest BCUT2D eigenvalue weighted by Crippen LogP contribution is -2.42. The highest BCUT2D eigenvalue weighted by atomic mass is 35.5. The van der Waals surface area contributed by atoms with Gasteiger partial charge in [-0.3, -0.25) is 0 Å². The third-order valence-electron chi connectivity index (χ3n) is 3.84. The van der Waals surface area contributed by atoms with E-state index in [0.717, 1.165) is 25.3 Å². The van der Waals surface area contributed by atoms with Gasteiger partial charge in [0.15, 0.2) is 0 Å². The van der Waals surface area contributed by atoms with Gasteiger partial charge in [0.2, 0.25) is 0 Å². The van der Waals surface area contributed by atoms with E-state index >= 15 is 0 Å². The molecule has 106 valence electrons. The van der Waals surface area contributed by atoms with Gasteiger partial charge in [-0.05, 0) is 25.0 Å². The molecule has 1 saturated carbocycles. The summed E-state index contributed by atoms with van der Waals surface area (Å²) >= 11 is 5.83. The molecule has 0 amide bonds. The maximum Gasteiger partial charge on any atom is 0.420 e. The van der Waals surface area contributed by atoms with E-state index in [1.807, 2.05) is 0 Å². The summed E-state index contributed by atoms with van der Waals surface area (Å²) in [7, 11) is 1.24. The Hall–Kier alpha value is -0.940. The predicted octanol–water partition coefficient (Wildman–Crippen LogP) is 3.75. The molecule has 0 atom stereocenters. The minimum absolute atomic E-state index is 0.0582. The number of benzene rings is 1. The fourth-order valence-electron chi connectivity index (χ4n) is 2.60. The molecule has 2 nitrogen and oxygen atoms in total. The lowest BCUT2D eigenvalue weighted by Gasteiger charge is -2.42. The van der Waals surface area contributed by atoms with Crippen LogP contribution in [0.1, 0.15) is 30.4 Å². The quantitative estimate of drug-likeness (QED) is 0.921. The molecule has 2 N–H and O–H groups in total. The van der Waals surface area contributed by atoms with E-state index < -0.39 is 17.2 Å². The van der Waals surface area contributed by atoms with Crippen molar-refractivity contribution in [1.82, 2.24) is 0 Å². The number of hydrogen-bond acceptors (Lipinski definition) is 2. The Kier molecular flexibility index (Phi) is 3.71. The summed E-state index contributed by atoms with van der Waals surface area (Å²) in [4.78, 5) is 0. The number of halogens is 4. The van der Waals surface area contributed by atoms with Crippen molar-refractivity contribution in [2.45, 2.75) is 30.9 Å². The summed E-state index contributed by atoms with van der Waals surface area (Å²) in [5.74, 6) is -0.151. The normalized spacial score (nSPS) is 18.0. The van der Waals surface area contributed by atoms with Crippen LogP contribution in [0.3, 0.4) is 0 Å². The van der Waals surface area contributed by atoms with Gasteiger partial charge in [-0.1, -0.05) is 18.0 Å². The van der Waals surface area contributed by atoms with Gasteiger partial charge in [-0.25, -0.2) is 0 Å². The molecular formula is C13H15ClF3NO. The molecule has 1 aromatic rings. The van der Waals surface area contributed by atoms with E-state index in [1.54, 1.807) is 6.07 Å². The first-order valence-electron chi connectivity index (χ1n) is 5.99. The molecule has 0 radical (unpaired) electrons. The van der Waals surface area contributed by atoms with Crippen LogP contribution in [0.25, 0.3) is 0 Å². The average molecular weight is 294 g/mol. The Labute approximate surface area is 114 Å². The molecule has 2 rings (SSSR count). The third kappa shape index (κ3) is 2.41. The van der Waals surface area contributed by atoms with E-state index in [-0.39, 0.29) is 10.8 Å². The number of rotatable bonds is 3. The largest absolute Gasteiger partial charge is 0.496 e. The molecule has 1 aromatic carbocycles. The number of nitrogens with two attached hydrogens (primary N) is 1. The van der Waals surface area contributed by atoms with Crippen LogP contribution in [0.15, 0.2) is 12.1 Å². The maximum atomic E-state index is 13.0. The van der Waals surface area contributed by atoms with Crippen molar-refractivity contribution < 1.29 is 17.9 Å². The predicted molar refractivity (Wildman–Crippen MR) is 67.6 cm³/mol. The Morgan fingerprint density at radius 1 is 1.37 bits per heavy atom. The van der Waals surface area contributed by atoms with E-state index in [9.17, 15) is 13.2 Å². The van der Waals surface area contributed by atoms with E-state index in [4.69, 9.17) is 22.1 Å². The Morgan fingerprint density at radius 2 is 2.00 bits per heavy atom. The fourth-order valence-corrected chi connectivity index (χ4v) is 2.82. The molecule has 0 bridgehead atoms. The smallest absolute Gasteiger partial charge is 0.420 e. The van der Waals surface area contributed by atoms with Crippen molar-refractivity contribution in [2.75, 3.05) is 13.7 Å². The molecule has 6 heteroatoms. The first-order chi connectivity index (χ1) is 8.84. The van der Waals surface area contributed by atoms with Crippen LogP contribution in [0.2, 0.25) is 5.02 Å². The second-order valence-corrected chi connectivity index (χ2v) is 5.31. The van der Waals surface area contributed by atoms with Gasteiger partial charge in [0.1, 0.15) is 5.75 Å². The lowest BCUT2D eigenvalue weighted by molar-refractivity contribution is -0.138. The van der Waals surface area contributed by atoms with Crippen LogP contribution in [0, 0.1) is 0 Å². The average Bonchev–Trinajstić information content (AvgIpc) is 2.26. The summed E-state index contributed by atoms with van der Waals surface area (Å²) < 4.78 is 44.1. The van der Waals surface area contributed by atoms with Crippen LogP contribution in [0.5, 0.6) is 5.75 Å². The van der Waals surface area contributed by atoms with Crippen molar-refractivity contribution in [3.05, 3.63) is 28.3 Å². The van der Waals surface area contributed by atoms with Crippen molar-refractivity contribution in [2.24, 2.45) is 5.73 Å². The van der Waals surface area contributed by atoms with Gasteiger partial charge < -0.3 is 10.5 Å². The van der Waals surface area contributed by atoms with Crippen LogP contribution >= 0.6 is 11.6 Å². The van der Waals surface area contributed by atoms with Crippen molar-refractivity contribution >= 4 is 11.6 Å². The first-order valence-corrected chi connectivity index (χ1v) is 6.37. The Bertz CT molecular complexity index is 478. The summed E-state index contributed by atoms with van der Waals surface area (Å²) in [6, 6.07) is 2.44. The zero-order valence-electron chi connectivity index (χ0n) is 10.5. The molecule has 0 unspecified atom stereocenters. The Balaban J connectivity index is 2.64. The molecule has 0 heterocycles. The summed E-state index contributed by atoms with van der Waals surface area (Å²) in [6.45, 7) is 0.293. The highest BCUT2D eigenvalue weighted by Gasteiger charge is 2.43. The molecule has 0 spiro atoms. The van der Waals surface area contributed by atoms with E-state index in [2.05, 4.69) is 0 Å². The zero-order valence-corrected chi connectivity index (χ0v) is 11.2. The fraction of sp³-hybridized carbons (Fsp3) is 0.538. The van der Waals surface area contributed by atoms with Crippen LogP contribution < -0.4 is 10.5 Å². The molecule has 0 aliphatic heterocycles. The molecule has 1 aliphatic rings. The molecule has 0 aromatic heterocycles. The number of methoxy groups -OCH3 is 1. The monoisotopic (exact) mass is 293 g/mol. The minimum atomic E-state index is -4.50. The maximum absolute atomic E-state index is 13.0. The summed E-state index contributed by atoms with van der Waals surface area (Å²) in [5, 5.41) is 0.0582. The van der Waals surface area contributed by atoms with Crippen molar-refractivity contribution in [1.29, 1.82) is 0 Å². The minimum Gasteiger partial charge on any atom is -0.496 e.